The molecule has 2 aromatic rings. The average molecular weight is 401 g/mol. The normalized spacial score (nSPS) is 26.9. The van der Waals surface area contributed by atoms with Crippen molar-refractivity contribution in [3.63, 3.8) is 0 Å². The van der Waals surface area contributed by atoms with Crippen LogP contribution in [0.3, 0.4) is 0 Å². The summed E-state index contributed by atoms with van der Waals surface area (Å²) in [6.07, 6.45) is 10.00. The molecule has 2 nitrogen and oxygen atoms in total. The second-order valence-electron chi connectivity index (χ2n) is 9.05. The van der Waals surface area contributed by atoms with Crippen LogP contribution in [0, 0.1) is 29.4 Å². The predicted octanol–water partition coefficient (Wildman–Crippen LogP) is 7.00. The van der Waals surface area contributed by atoms with Crippen molar-refractivity contribution >= 4 is 16.7 Å². The molecule has 2 aliphatic carbocycles. The summed E-state index contributed by atoms with van der Waals surface area (Å²) in [5.41, 5.74) is 0.741. The lowest BCUT2D eigenvalue weighted by Gasteiger charge is -2.42. The molecule has 2 aromatic carbocycles. The third-order valence-electron chi connectivity index (χ3n) is 7.31. The Balaban J connectivity index is 1.57. The summed E-state index contributed by atoms with van der Waals surface area (Å²) >= 11 is 0. The third kappa shape index (κ3) is 4.04. The Bertz CT molecular complexity index is 907. The van der Waals surface area contributed by atoms with E-state index >= 15 is 0 Å². The van der Waals surface area contributed by atoms with E-state index < -0.39 is 17.6 Å². The summed E-state index contributed by atoms with van der Waals surface area (Å²) in [6, 6.07) is 6.03. The average Bonchev–Trinajstić information content (AvgIpc) is 2.72. The van der Waals surface area contributed by atoms with E-state index in [-0.39, 0.29) is 10.9 Å². The van der Waals surface area contributed by atoms with Gasteiger partial charge in [0.15, 0.2) is 0 Å². The highest BCUT2D eigenvalue weighted by molar-refractivity contribution is 5.96. The van der Waals surface area contributed by atoms with Crippen molar-refractivity contribution in [3.8, 4) is 0 Å². The van der Waals surface area contributed by atoms with Crippen LogP contribution in [0.1, 0.15) is 80.1 Å². The van der Waals surface area contributed by atoms with Gasteiger partial charge >= 0.3 is 5.97 Å². The zero-order valence-corrected chi connectivity index (χ0v) is 17.3. The summed E-state index contributed by atoms with van der Waals surface area (Å²) in [7, 11) is 1.19. The molecule has 0 radical (unpaired) electrons. The second-order valence-corrected chi connectivity index (χ2v) is 9.05. The van der Waals surface area contributed by atoms with Gasteiger partial charge in [0.1, 0.15) is 11.6 Å². The number of esters is 1. The van der Waals surface area contributed by atoms with Crippen LogP contribution < -0.4 is 0 Å². The lowest BCUT2D eigenvalue weighted by atomic mass is 9.63. The Kier molecular flexibility index (Phi) is 5.89. The van der Waals surface area contributed by atoms with Crippen molar-refractivity contribution < 1.29 is 18.3 Å². The summed E-state index contributed by atoms with van der Waals surface area (Å²) in [4.78, 5) is 11.7. The van der Waals surface area contributed by atoms with E-state index in [1.165, 1.54) is 57.8 Å². The van der Waals surface area contributed by atoms with Gasteiger partial charge in [0.25, 0.3) is 0 Å². The highest BCUT2D eigenvalue weighted by Crippen LogP contribution is 2.48. The first-order valence-electron chi connectivity index (χ1n) is 11.0. The van der Waals surface area contributed by atoms with Crippen LogP contribution in [0.15, 0.2) is 24.3 Å². The Labute approximate surface area is 171 Å². The summed E-state index contributed by atoms with van der Waals surface area (Å²) < 4.78 is 33.8. The SMILES string of the molecule is CCCC1CCC2CC(c3cc(F)c4cc(C(=O)OC)c(F)cc4c3)CCC2C1. The van der Waals surface area contributed by atoms with Gasteiger partial charge in [-0.2, -0.15) is 0 Å². The molecule has 0 aromatic heterocycles. The Morgan fingerprint density at radius 1 is 1.00 bits per heavy atom. The molecule has 0 amide bonds. The van der Waals surface area contributed by atoms with Gasteiger partial charge in [-0.3, -0.25) is 0 Å². The zero-order valence-electron chi connectivity index (χ0n) is 17.3. The highest BCUT2D eigenvalue weighted by Gasteiger charge is 2.36. The number of ether oxygens (including phenoxy) is 1. The first-order valence-corrected chi connectivity index (χ1v) is 11.0. The van der Waals surface area contributed by atoms with E-state index in [0.29, 0.717) is 11.3 Å². The monoisotopic (exact) mass is 400 g/mol. The molecule has 0 N–H and O–H groups in total. The molecule has 2 fully saturated rings. The number of halogens is 2. The molecule has 0 aliphatic heterocycles. The molecule has 4 atom stereocenters. The quantitative estimate of drug-likeness (QED) is 0.516. The Morgan fingerprint density at radius 2 is 1.76 bits per heavy atom. The summed E-state index contributed by atoms with van der Waals surface area (Å²) in [6.45, 7) is 2.27. The first kappa shape index (κ1) is 20.3. The van der Waals surface area contributed by atoms with Crippen molar-refractivity contribution in [1.82, 2.24) is 0 Å². The van der Waals surface area contributed by atoms with E-state index in [9.17, 15) is 13.6 Å². The number of rotatable bonds is 4. The van der Waals surface area contributed by atoms with Crippen molar-refractivity contribution in [2.24, 2.45) is 17.8 Å². The number of carbonyl (C=O) groups is 1. The number of benzene rings is 2. The molecule has 0 heterocycles. The van der Waals surface area contributed by atoms with E-state index in [0.717, 1.165) is 36.2 Å². The Hall–Kier alpha value is -1.97. The van der Waals surface area contributed by atoms with Crippen molar-refractivity contribution in [2.45, 2.75) is 64.2 Å². The van der Waals surface area contributed by atoms with Gasteiger partial charge in [-0.05, 0) is 84.9 Å². The minimum atomic E-state index is -0.787. The van der Waals surface area contributed by atoms with Gasteiger partial charge in [0.05, 0.1) is 12.7 Å². The molecule has 0 spiro atoms. The molecule has 4 heteroatoms. The standard InChI is InChI=1S/C25H30F2O2/c1-3-4-15-5-6-17-10-18(8-7-16(17)9-15)19-11-20-13-24(27)22(25(28)29-2)14-21(20)23(26)12-19/h11-18H,3-10H2,1-2H3. The molecule has 156 valence electrons. The maximum absolute atomic E-state index is 14.9. The van der Waals surface area contributed by atoms with E-state index in [4.69, 9.17) is 0 Å². The molecule has 0 bridgehead atoms. The van der Waals surface area contributed by atoms with Crippen LogP contribution in [-0.2, 0) is 4.74 Å². The minimum absolute atomic E-state index is 0.226. The molecule has 29 heavy (non-hydrogen) atoms. The fourth-order valence-corrected chi connectivity index (χ4v) is 5.82. The number of hydrogen-bond donors (Lipinski definition) is 0. The minimum Gasteiger partial charge on any atom is -0.465 e. The van der Waals surface area contributed by atoms with Gasteiger partial charge in [-0.1, -0.05) is 32.3 Å². The number of methoxy groups -OCH3 is 1. The van der Waals surface area contributed by atoms with E-state index in [2.05, 4.69) is 11.7 Å². The predicted molar refractivity (Wildman–Crippen MR) is 111 cm³/mol. The van der Waals surface area contributed by atoms with Crippen LogP contribution in [0.2, 0.25) is 0 Å². The lowest BCUT2D eigenvalue weighted by Crippen LogP contribution is -2.30. The van der Waals surface area contributed by atoms with Crippen molar-refractivity contribution in [3.05, 3.63) is 47.0 Å². The van der Waals surface area contributed by atoms with Gasteiger partial charge in [-0.25, -0.2) is 13.6 Å². The molecule has 4 rings (SSSR count). The van der Waals surface area contributed by atoms with Crippen LogP contribution in [0.25, 0.3) is 10.8 Å². The van der Waals surface area contributed by atoms with Crippen LogP contribution in [-0.4, -0.2) is 13.1 Å². The first-order chi connectivity index (χ1) is 14.0. The maximum Gasteiger partial charge on any atom is 0.340 e. The molecular formula is C25H30F2O2. The molecule has 2 saturated carbocycles. The number of hydrogen-bond acceptors (Lipinski definition) is 2. The van der Waals surface area contributed by atoms with Gasteiger partial charge in [0, 0.05) is 5.39 Å². The molecule has 0 saturated heterocycles. The van der Waals surface area contributed by atoms with Crippen molar-refractivity contribution in [1.29, 1.82) is 0 Å². The molecular weight excluding hydrogens is 370 g/mol. The second kappa shape index (κ2) is 8.41. The van der Waals surface area contributed by atoms with Gasteiger partial charge < -0.3 is 4.74 Å². The Morgan fingerprint density at radius 3 is 2.52 bits per heavy atom. The van der Waals surface area contributed by atoms with Crippen LogP contribution in [0.4, 0.5) is 8.78 Å². The smallest absolute Gasteiger partial charge is 0.340 e. The van der Waals surface area contributed by atoms with Gasteiger partial charge in [0.2, 0.25) is 0 Å². The lowest BCUT2D eigenvalue weighted by molar-refractivity contribution is 0.0595. The third-order valence-corrected chi connectivity index (χ3v) is 7.31. The van der Waals surface area contributed by atoms with E-state index in [1.54, 1.807) is 6.07 Å². The molecule has 4 unspecified atom stereocenters. The summed E-state index contributed by atoms with van der Waals surface area (Å²) in [5.74, 6) is 0.935. The van der Waals surface area contributed by atoms with Crippen molar-refractivity contribution in [2.75, 3.05) is 7.11 Å². The van der Waals surface area contributed by atoms with E-state index in [1.807, 2.05) is 6.07 Å². The molecule has 2 aliphatic rings. The largest absolute Gasteiger partial charge is 0.465 e. The number of fused-ring (bicyclic) bond motifs is 2. The fourth-order valence-electron chi connectivity index (χ4n) is 5.82. The fraction of sp³-hybridized carbons (Fsp3) is 0.560. The highest BCUT2D eigenvalue weighted by atomic mass is 19.1. The van der Waals surface area contributed by atoms with Gasteiger partial charge in [-0.15, -0.1) is 0 Å². The topological polar surface area (TPSA) is 26.3 Å². The van der Waals surface area contributed by atoms with Crippen LogP contribution in [0.5, 0.6) is 0 Å². The number of carbonyl (C=O) groups excluding carboxylic acids is 1. The van der Waals surface area contributed by atoms with Crippen LogP contribution >= 0.6 is 0 Å². The zero-order chi connectivity index (χ0) is 20.5. The maximum atomic E-state index is 14.9. The summed E-state index contributed by atoms with van der Waals surface area (Å²) in [5, 5.41) is 0.781.